The molecule has 0 atom stereocenters. The van der Waals surface area contributed by atoms with Gasteiger partial charge in [-0.05, 0) is 17.7 Å². The third-order valence-electron chi connectivity index (χ3n) is 3.18. The molecule has 0 radical (unpaired) electrons. The van der Waals surface area contributed by atoms with Gasteiger partial charge in [-0.25, -0.2) is 9.50 Å². The summed E-state index contributed by atoms with van der Waals surface area (Å²) in [4.78, 5) is 4.59. The van der Waals surface area contributed by atoms with E-state index in [4.69, 9.17) is 0 Å². The molecule has 0 fully saturated rings. The summed E-state index contributed by atoms with van der Waals surface area (Å²) in [5.74, 6) is 0. The Balaban J connectivity index is 2.00. The molecule has 4 rings (SSSR count). The van der Waals surface area contributed by atoms with Gasteiger partial charge in [-0.3, -0.25) is 5.10 Å². The second-order valence-electron chi connectivity index (χ2n) is 4.33. The van der Waals surface area contributed by atoms with Crippen molar-refractivity contribution in [2.75, 3.05) is 0 Å². The van der Waals surface area contributed by atoms with Crippen LogP contribution < -0.4 is 0 Å². The van der Waals surface area contributed by atoms with Gasteiger partial charge < -0.3 is 0 Å². The van der Waals surface area contributed by atoms with E-state index < -0.39 is 0 Å². The van der Waals surface area contributed by atoms with Crippen molar-refractivity contribution >= 4 is 16.7 Å². The summed E-state index contributed by atoms with van der Waals surface area (Å²) < 4.78 is 2.03. The van der Waals surface area contributed by atoms with E-state index in [0.29, 0.717) is 0 Å². The van der Waals surface area contributed by atoms with E-state index in [-0.39, 0.29) is 0 Å². The molecule has 3 heteroatoms. The Kier molecular flexibility index (Phi) is 1.83. The van der Waals surface area contributed by atoms with Gasteiger partial charge in [-0.1, -0.05) is 42.5 Å². The molecule has 2 heterocycles. The fourth-order valence-electron chi connectivity index (χ4n) is 2.31. The van der Waals surface area contributed by atoms with Crippen LogP contribution in [0.15, 0.2) is 60.7 Å². The normalized spacial score (nSPS) is 11.3. The molecule has 0 saturated heterocycles. The zero-order valence-electron chi connectivity index (χ0n) is 9.67. The van der Waals surface area contributed by atoms with Crippen LogP contribution in [-0.2, 0) is 0 Å². The first-order valence-corrected chi connectivity index (χ1v) is 5.93. The largest absolute Gasteiger partial charge is 0.292 e. The fourth-order valence-corrected chi connectivity index (χ4v) is 2.31. The van der Waals surface area contributed by atoms with E-state index in [2.05, 4.69) is 34.3 Å². The van der Waals surface area contributed by atoms with Gasteiger partial charge in [0.2, 0.25) is 0 Å². The molecular weight excluding hydrogens is 222 g/mol. The summed E-state index contributed by atoms with van der Waals surface area (Å²) in [5, 5.41) is 3.39. The molecule has 0 bridgehead atoms. The molecule has 0 aliphatic carbocycles. The Bertz CT molecular complexity index is 825. The van der Waals surface area contributed by atoms with Crippen LogP contribution in [0.2, 0.25) is 0 Å². The number of para-hydroxylation sites is 2. The standard InChI is InChI=1S/C15H11N3/c1-2-6-11(7-3-1)13-10-15-16-12-8-4-5-9-14(12)18(15)17-13/h1-10,17H. The van der Waals surface area contributed by atoms with Crippen molar-refractivity contribution in [3.05, 3.63) is 60.7 Å². The molecule has 1 N–H and O–H groups in total. The van der Waals surface area contributed by atoms with E-state index in [0.717, 1.165) is 22.4 Å². The second kappa shape index (κ2) is 3.47. The number of hydrogen-bond donors (Lipinski definition) is 1. The maximum atomic E-state index is 4.59. The highest BCUT2D eigenvalue weighted by Crippen LogP contribution is 2.22. The zero-order valence-corrected chi connectivity index (χ0v) is 9.67. The Hall–Kier alpha value is -2.55. The van der Waals surface area contributed by atoms with Crippen LogP contribution in [0.1, 0.15) is 0 Å². The van der Waals surface area contributed by atoms with E-state index in [1.807, 2.05) is 40.9 Å². The van der Waals surface area contributed by atoms with Crippen LogP contribution in [0.25, 0.3) is 27.9 Å². The monoisotopic (exact) mass is 233 g/mol. The molecule has 4 aromatic rings. The van der Waals surface area contributed by atoms with Crippen LogP contribution in [0, 0.1) is 0 Å². The number of nitrogens with one attached hydrogen (secondary N) is 1. The topological polar surface area (TPSA) is 33.1 Å². The second-order valence-corrected chi connectivity index (χ2v) is 4.33. The van der Waals surface area contributed by atoms with Gasteiger partial charge in [0.1, 0.15) is 0 Å². The van der Waals surface area contributed by atoms with Gasteiger partial charge in [0.25, 0.3) is 0 Å². The summed E-state index contributed by atoms with van der Waals surface area (Å²) in [5.41, 5.74) is 5.34. The highest BCUT2D eigenvalue weighted by Gasteiger charge is 2.07. The van der Waals surface area contributed by atoms with Crippen LogP contribution >= 0.6 is 0 Å². The van der Waals surface area contributed by atoms with Crippen molar-refractivity contribution in [2.24, 2.45) is 0 Å². The van der Waals surface area contributed by atoms with E-state index in [1.165, 1.54) is 5.56 Å². The smallest absolute Gasteiger partial charge is 0.154 e. The molecule has 2 aromatic carbocycles. The lowest BCUT2D eigenvalue weighted by Crippen LogP contribution is -1.84. The number of aromatic nitrogens is 3. The summed E-state index contributed by atoms with van der Waals surface area (Å²) >= 11 is 0. The average molecular weight is 233 g/mol. The summed E-state index contributed by atoms with van der Waals surface area (Å²) in [7, 11) is 0. The highest BCUT2D eigenvalue weighted by atomic mass is 15.3. The lowest BCUT2D eigenvalue weighted by Gasteiger charge is -1.96. The summed E-state index contributed by atoms with van der Waals surface area (Å²) in [6.07, 6.45) is 0. The van der Waals surface area contributed by atoms with Crippen LogP contribution in [0.4, 0.5) is 0 Å². The minimum absolute atomic E-state index is 0.954. The van der Waals surface area contributed by atoms with Crippen molar-refractivity contribution in [1.82, 2.24) is 14.6 Å². The number of aromatic amines is 1. The van der Waals surface area contributed by atoms with Crippen molar-refractivity contribution in [2.45, 2.75) is 0 Å². The van der Waals surface area contributed by atoms with E-state index in [1.54, 1.807) is 0 Å². The van der Waals surface area contributed by atoms with Crippen LogP contribution in [0.5, 0.6) is 0 Å². The van der Waals surface area contributed by atoms with Crippen LogP contribution in [-0.4, -0.2) is 14.6 Å². The maximum absolute atomic E-state index is 4.59. The summed E-state index contributed by atoms with van der Waals surface area (Å²) in [6.45, 7) is 0. The lowest BCUT2D eigenvalue weighted by molar-refractivity contribution is 1.01. The quantitative estimate of drug-likeness (QED) is 0.536. The third-order valence-corrected chi connectivity index (χ3v) is 3.18. The van der Waals surface area contributed by atoms with Gasteiger partial charge in [-0.15, -0.1) is 0 Å². The number of nitrogens with zero attached hydrogens (tertiary/aromatic N) is 2. The summed E-state index contributed by atoms with van der Waals surface area (Å²) in [6, 6.07) is 20.5. The number of benzene rings is 2. The van der Waals surface area contributed by atoms with Gasteiger partial charge in [0.05, 0.1) is 16.7 Å². The molecule has 18 heavy (non-hydrogen) atoms. The molecule has 86 valence electrons. The number of H-pyrrole nitrogens is 1. The minimum Gasteiger partial charge on any atom is -0.292 e. The first-order chi connectivity index (χ1) is 8.92. The molecule has 0 amide bonds. The van der Waals surface area contributed by atoms with Gasteiger partial charge >= 0.3 is 0 Å². The Morgan fingerprint density at radius 1 is 0.889 bits per heavy atom. The molecule has 0 aliphatic heterocycles. The highest BCUT2D eigenvalue weighted by molar-refractivity contribution is 5.81. The number of imidazole rings is 1. The molecule has 3 nitrogen and oxygen atoms in total. The SMILES string of the molecule is c1ccc(-c2cc3nc4ccccc4n3[nH]2)cc1. The predicted octanol–water partition coefficient (Wildman–Crippen LogP) is 3.48. The predicted molar refractivity (Wildman–Crippen MR) is 72.5 cm³/mol. The van der Waals surface area contributed by atoms with E-state index >= 15 is 0 Å². The molecule has 2 aromatic heterocycles. The Morgan fingerprint density at radius 2 is 1.67 bits per heavy atom. The van der Waals surface area contributed by atoms with Crippen molar-refractivity contribution in [3.8, 4) is 11.3 Å². The molecule has 0 unspecified atom stereocenters. The maximum Gasteiger partial charge on any atom is 0.154 e. The fraction of sp³-hybridized carbons (Fsp3) is 0. The zero-order chi connectivity index (χ0) is 11.9. The molecule has 0 spiro atoms. The Labute approximate surface area is 104 Å². The number of hydrogen-bond acceptors (Lipinski definition) is 1. The average Bonchev–Trinajstić information content (AvgIpc) is 2.97. The number of rotatable bonds is 1. The minimum atomic E-state index is 0.954. The van der Waals surface area contributed by atoms with Crippen molar-refractivity contribution in [3.63, 3.8) is 0 Å². The molecule has 0 aliphatic rings. The first-order valence-electron chi connectivity index (χ1n) is 5.93. The first kappa shape index (κ1) is 9.48. The van der Waals surface area contributed by atoms with Crippen molar-refractivity contribution in [1.29, 1.82) is 0 Å². The van der Waals surface area contributed by atoms with Gasteiger partial charge in [-0.2, -0.15) is 0 Å². The van der Waals surface area contributed by atoms with Crippen molar-refractivity contribution < 1.29 is 0 Å². The molecular formula is C15H11N3. The molecule has 0 saturated carbocycles. The van der Waals surface area contributed by atoms with Gasteiger partial charge in [0.15, 0.2) is 5.65 Å². The van der Waals surface area contributed by atoms with Crippen LogP contribution in [0.3, 0.4) is 0 Å². The number of fused-ring (bicyclic) bond motifs is 3. The Morgan fingerprint density at radius 3 is 2.56 bits per heavy atom. The van der Waals surface area contributed by atoms with E-state index in [9.17, 15) is 0 Å². The third kappa shape index (κ3) is 1.27. The lowest BCUT2D eigenvalue weighted by atomic mass is 10.2. The van der Waals surface area contributed by atoms with Gasteiger partial charge in [0, 0.05) is 6.07 Å².